The minimum absolute atomic E-state index is 0.0229. The zero-order valence-electron chi connectivity index (χ0n) is 15.8. The SMILES string of the molecule is O=C(CSc1ccccc1F)NCC(c1ccccc1)c1c[nH]c2ccccc12. The van der Waals surface area contributed by atoms with Gasteiger partial charge in [0, 0.05) is 34.5 Å². The Morgan fingerprint density at radius 1 is 0.966 bits per heavy atom. The van der Waals surface area contributed by atoms with Crippen LogP contribution in [0.15, 0.2) is 90.0 Å². The molecule has 0 aliphatic carbocycles. The summed E-state index contributed by atoms with van der Waals surface area (Å²) in [6.07, 6.45) is 2.02. The minimum atomic E-state index is -0.300. The van der Waals surface area contributed by atoms with Crippen molar-refractivity contribution in [2.75, 3.05) is 12.3 Å². The number of thioether (sulfide) groups is 1. The lowest BCUT2D eigenvalue weighted by atomic mass is 9.91. The van der Waals surface area contributed by atoms with Crippen LogP contribution in [-0.2, 0) is 4.79 Å². The van der Waals surface area contributed by atoms with Crippen molar-refractivity contribution in [3.8, 4) is 0 Å². The Morgan fingerprint density at radius 2 is 1.69 bits per heavy atom. The molecule has 0 aliphatic heterocycles. The van der Waals surface area contributed by atoms with Crippen LogP contribution in [-0.4, -0.2) is 23.2 Å². The maximum absolute atomic E-state index is 13.8. The molecule has 1 atom stereocenters. The van der Waals surface area contributed by atoms with Crippen LogP contribution < -0.4 is 5.32 Å². The summed E-state index contributed by atoms with van der Waals surface area (Å²) < 4.78 is 13.8. The van der Waals surface area contributed by atoms with Crippen molar-refractivity contribution in [3.05, 3.63) is 102 Å². The Kier molecular flexibility index (Phi) is 5.96. The predicted octanol–water partition coefficient (Wildman–Crippen LogP) is 5.35. The van der Waals surface area contributed by atoms with E-state index in [0.717, 1.165) is 22.0 Å². The van der Waals surface area contributed by atoms with Crippen molar-refractivity contribution in [1.29, 1.82) is 0 Å². The highest BCUT2D eigenvalue weighted by atomic mass is 32.2. The first kappa shape index (κ1) is 19.3. The number of rotatable bonds is 7. The number of fused-ring (bicyclic) bond motifs is 1. The summed E-state index contributed by atoms with van der Waals surface area (Å²) in [7, 11) is 0. The summed E-state index contributed by atoms with van der Waals surface area (Å²) in [5.41, 5.74) is 3.36. The molecule has 1 unspecified atom stereocenters. The molecule has 0 spiro atoms. The van der Waals surface area contributed by atoms with E-state index < -0.39 is 0 Å². The summed E-state index contributed by atoms with van der Waals surface area (Å²) in [4.78, 5) is 16.2. The summed E-state index contributed by atoms with van der Waals surface area (Å²) >= 11 is 1.21. The van der Waals surface area contributed by atoms with E-state index in [-0.39, 0.29) is 23.4 Å². The van der Waals surface area contributed by atoms with Gasteiger partial charge in [0.2, 0.25) is 5.91 Å². The molecule has 0 radical (unpaired) electrons. The molecule has 29 heavy (non-hydrogen) atoms. The van der Waals surface area contributed by atoms with Gasteiger partial charge in [-0.25, -0.2) is 4.39 Å². The van der Waals surface area contributed by atoms with Gasteiger partial charge in [-0.05, 0) is 29.3 Å². The lowest BCUT2D eigenvalue weighted by Gasteiger charge is -2.18. The molecule has 3 nitrogen and oxygen atoms in total. The van der Waals surface area contributed by atoms with Crippen molar-refractivity contribution < 1.29 is 9.18 Å². The number of carbonyl (C=O) groups excluding carboxylic acids is 1. The Morgan fingerprint density at radius 3 is 2.52 bits per heavy atom. The van der Waals surface area contributed by atoms with Crippen LogP contribution in [0.5, 0.6) is 0 Å². The van der Waals surface area contributed by atoms with Gasteiger partial charge < -0.3 is 10.3 Å². The number of H-pyrrole nitrogens is 1. The second-order valence-corrected chi connectivity index (χ2v) is 7.79. The number of aromatic nitrogens is 1. The van der Waals surface area contributed by atoms with Crippen LogP contribution in [0, 0.1) is 5.82 Å². The molecular weight excluding hydrogens is 383 g/mol. The maximum atomic E-state index is 13.8. The van der Waals surface area contributed by atoms with Crippen LogP contribution in [0.25, 0.3) is 10.9 Å². The number of para-hydroxylation sites is 1. The van der Waals surface area contributed by atoms with E-state index in [0.29, 0.717) is 11.4 Å². The van der Waals surface area contributed by atoms with E-state index in [2.05, 4.69) is 28.5 Å². The number of hydrogen-bond acceptors (Lipinski definition) is 2. The first-order chi connectivity index (χ1) is 14.2. The van der Waals surface area contributed by atoms with Gasteiger partial charge in [-0.1, -0.05) is 60.7 Å². The number of nitrogens with one attached hydrogen (secondary N) is 2. The van der Waals surface area contributed by atoms with Crippen molar-refractivity contribution >= 4 is 28.6 Å². The largest absolute Gasteiger partial charge is 0.361 e. The second-order valence-electron chi connectivity index (χ2n) is 6.78. The van der Waals surface area contributed by atoms with Gasteiger partial charge in [-0.2, -0.15) is 0 Å². The Hall–Kier alpha value is -3.05. The van der Waals surface area contributed by atoms with Crippen LogP contribution in [0.2, 0.25) is 0 Å². The fourth-order valence-corrected chi connectivity index (χ4v) is 4.22. The molecular formula is C24H21FN2OS. The monoisotopic (exact) mass is 404 g/mol. The van der Waals surface area contributed by atoms with Crippen molar-refractivity contribution in [2.24, 2.45) is 0 Å². The molecule has 0 fully saturated rings. The topological polar surface area (TPSA) is 44.9 Å². The minimum Gasteiger partial charge on any atom is -0.361 e. The first-order valence-corrected chi connectivity index (χ1v) is 10.5. The van der Waals surface area contributed by atoms with E-state index in [1.807, 2.05) is 42.6 Å². The normalized spacial score (nSPS) is 12.0. The third kappa shape index (κ3) is 4.51. The number of amides is 1. The average molecular weight is 405 g/mol. The second kappa shape index (κ2) is 8.97. The van der Waals surface area contributed by atoms with E-state index >= 15 is 0 Å². The molecule has 1 amide bonds. The van der Waals surface area contributed by atoms with Gasteiger partial charge >= 0.3 is 0 Å². The summed E-state index contributed by atoms with van der Waals surface area (Å²) in [5.74, 6) is -0.212. The van der Waals surface area contributed by atoms with Gasteiger partial charge in [0.25, 0.3) is 0 Å². The van der Waals surface area contributed by atoms with Gasteiger partial charge in [0.05, 0.1) is 5.75 Å². The van der Waals surface area contributed by atoms with Gasteiger partial charge in [-0.15, -0.1) is 11.8 Å². The van der Waals surface area contributed by atoms with Gasteiger partial charge in [0.15, 0.2) is 0 Å². The standard InChI is InChI=1S/C24H21FN2OS/c25-21-11-5-7-13-23(21)29-16-24(28)27-14-19(17-8-2-1-3-9-17)20-15-26-22-12-6-4-10-18(20)22/h1-13,15,19,26H,14,16H2,(H,27,28). The number of benzene rings is 3. The smallest absolute Gasteiger partial charge is 0.230 e. The van der Waals surface area contributed by atoms with Crippen LogP contribution in [0.4, 0.5) is 4.39 Å². The maximum Gasteiger partial charge on any atom is 0.230 e. The highest BCUT2D eigenvalue weighted by molar-refractivity contribution is 8.00. The Bertz CT molecular complexity index is 1110. The van der Waals surface area contributed by atoms with Gasteiger partial charge in [0.1, 0.15) is 5.82 Å². The molecule has 0 bridgehead atoms. The number of aromatic amines is 1. The summed E-state index contributed by atoms with van der Waals surface area (Å²) in [5, 5.41) is 4.18. The molecule has 4 aromatic rings. The van der Waals surface area contributed by atoms with Crippen molar-refractivity contribution in [2.45, 2.75) is 10.8 Å². The van der Waals surface area contributed by atoms with Gasteiger partial charge in [-0.3, -0.25) is 4.79 Å². The fourth-order valence-electron chi connectivity index (χ4n) is 3.45. The van der Waals surface area contributed by atoms with E-state index in [9.17, 15) is 9.18 Å². The molecule has 0 aliphatic rings. The highest BCUT2D eigenvalue weighted by Crippen LogP contribution is 2.30. The molecule has 1 heterocycles. The number of halogens is 1. The van der Waals surface area contributed by atoms with Crippen molar-refractivity contribution in [1.82, 2.24) is 10.3 Å². The summed E-state index contributed by atoms with van der Waals surface area (Å²) in [6.45, 7) is 0.475. The third-order valence-corrected chi connectivity index (χ3v) is 5.95. The lowest BCUT2D eigenvalue weighted by molar-refractivity contribution is -0.118. The quantitative estimate of drug-likeness (QED) is 0.408. The average Bonchev–Trinajstić information content (AvgIpc) is 3.18. The zero-order valence-corrected chi connectivity index (χ0v) is 16.6. The van der Waals surface area contributed by atoms with Crippen LogP contribution >= 0.6 is 11.8 Å². The lowest BCUT2D eigenvalue weighted by Crippen LogP contribution is -2.30. The Balaban J connectivity index is 1.49. The molecule has 4 rings (SSSR count). The molecule has 2 N–H and O–H groups in total. The molecule has 0 saturated carbocycles. The van der Waals surface area contributed by atoms with E-state index in [1.165, 1.54) is 17.8 Å². The Labute approximate surface area is 173 Å². The van der Waals surface area contributed by atoms with E-state index in [4.69, 9.17) is 0 Å². The third-order valence-electron chi connectivity index (χ3n) is 4.90. The molecule has 146 valence electrons. The fraction of sp³-hybridized carbons (Fsp3) is 0.125. The van der Waals surface area contributed by atoms with Crippen LogP contribution in [0.1, 0.15) is 17.0 Å². The van der Waals surface area contributed by atoms with E-state index in [1.54, 1.807) is 18.2 Å². The molecule has 0 saturated heterocycles. The van der Waals surface area contributed by atoms with Crippen molar-refractivity contribution in [3.63, 3.8) is 0 Å². The molecule has 5 heteroatoms. The predicted molar refractivity (Wildman–Crippen MR) is 117 cm³/mol. The molecule has 3 aromatic carbocycles. The molecule has 1 aromatic heterocycles. The first-order valence-electron chi connectivity index (χ1n) is 9.47. The highest BCUT2D eigenvalue weighted by Gasteiger charge is 2.19. The number of carbonyl (C=O) groups is 1. The summed E-state index contributed by atoms with van der Waals surface area (Å²) in [6, 6.07) is 24.8. The number of hydrogen-bond donors (Lipinski definition) is 2. The van der Waals surface area contributed by atoms with Crippen LogP contribution in [0.3, 0.4) is 0 Å². The zero-order chi connectivity index (χ0) is 20.1.